The standard InChI is InChI=1S/C23H28N2O5/c1-23(2,3)30-21(27)19(14-17-10-6-4-7-11-17)25-20(26)15-24-22(28)29-16-18-12-8-5-9-13-18/h4-13,19H,14-16H2,1-3H3,(H,24,28)(H,25,26). The number of alkyl carbamates (subject to hydrolysis) is 1. The Kier molecular flexibility index (Phi) is 8.41. The van der Waals surface area contributed by atoms with E-state index in [2.05, 4.69) is 10.6 Å². The van der Waals surface area contributed by atoms with E-state index < -0.39 is 29.6 Å². The highest BCUT2D eigenvalue weighted by atomic mass is 16.6. The predicted octanol–water partition coefficient (Wildman–Crippen LogP) is 2.98. The van der Waals surface area contributed by atoms with Crippen molar-refractivity contribution in [2.24, 2.45) is 0 Å². The summed E-state index contributed by atoms with van der Waals surface area (Å²) in [5, 5.41) is 5.02. The Bertz CT molecular complexity index is 832. The summed E-state index contributed by atoms with van der Waals surface area (Å²) in [6.45, 7) is 5.06. The molecule has 7 heteroatoms. The molecule has 1 unspecified atom stereocenters. The molecule has 0 spiro atoms. The molecule has 0 bridgehead atoms. The van der Waals surface area contributed by atoms with Crippen molar-refractivity contribution in [2.75, 3.05) is 6.54 Å². The van der Waals surface area contributed by atoms with E-state index in [9.17, 15) is 14.4 Å². The number of carbonyl (C=O) groups excluding carboxylic acids is 3. The van der Waals surface area contributed by atoms with Crippen LogP contribution >= 0.6 is 0 Å². The molecule has 7 nitrogen and oxygen atoms in total. The number of nitrogens with one attached hydrogen (secondary N) is 2. The topological polar surface area (TPSA) is 93.7 Å². The first kappa shape index (κ1) is 22.9. The number of esters is 1. The van der Waals surface area contributed by atoms with Crippen LogP contribution in [0.1, 0.15) is 31.9 Å². The molecule has 2 aromatic rings. The Morgan fingerprint density at radius 1 is 0.900 bits per heavy atom. The highest BCUT2D eigenvalue weighted by Gasteiger charge is 2.27. The fraction of sp³-hybridized carbons (Fsp3) is 0.348. The molecule has 2 N–H and O–H groups in total. The van der Waals surface area contributed by atoms with Gasteiger partial charge in [-0.2, -0.15) is 0 Å². The number of carbonyl (C=O) groups is 3. The van der Waals surface area contributed by atoms with Crippen LogP contribution in [0, 0.1) is 0 Å². The number of rotatable bonds is 8. The zero-order valence-corrected chi connectivity index (χ0v) is 17.5. The Morgan fingerprint density at radius 2 is 1.47 bits per heavy atom. The molecular weight excluding hydrogens is 384 g/mol. The van der Waals surface area contributed by atoms with Crippen LogP contribution in [0.4, 0.5) is 4.79 Å². The first-order chi connectivity index (χ1) is 14.2. The van der Waals surface area contributed by atoms with Crippen LogP contribution in [0.3, 0.4) is 0 Å². The first-order valence-electron chi connectivity index (χ1n) is 9.73. The number of amides is 2. The minimum atomic E-state index is -0.874. The summed E-state index contributed by atoms with van der Waals surface area (Å²) in [6.07, 6.45) is -0.439. The van der Waals surface area contributed by atoms with Crippen LogP contribution < -0.4 is 10.6 Å². The van der Waals surface area contributed by atoms with E-state index in [0.717, 1.165) is 11.1 Å². The third-order valence-electron chi connectivity index (χ3n) is 3.92. The van der Waals surface area contributed by atoms with Crippen molar-refractivity contribution in [3.05, 3.63) is 71.8 Å². The second-order valence-electron chi connectivity index (χ2n) is 7.76. The molecule has 0 saturated carbocycles. The van der Waals surface area contributed by atoms with Gasteiger partial charge in [0.2, 0.25) is 5.91 Å². The van der Waals surface area contributed by atoms with E-state index in [1.807, 2.05) is 60.7 Å². The molecule has 160 valence electrons. The summed E-state index contributed by atoms with van der Waals surface area (Å²) < 4.78 is 10.5. The van der Waals surface area contributed by atoms with Gasteiger partial charge in [-0.05, 0) is 31.9 Å². The summed E-state index contributed by atoms with van der Waals surface area (Å²) in [6, 6.07) is 17.6. The van der Waals surface area contributed by atoms with Gasteiger partial charge in [-0.1, -0.05) is 60.7 Å². The Labute approximate surface area is 176 Å². The van der Waals surface area contributed by atoms with Crippen LogP contribution in [0.15, 0.2) is 60.7 Å². The maximum atomic E-state index is 12.5. The Morgan fingerprint density at radius 3 is 2.03 bits per heavy atom. The van der Waals surface area contributed by atoms with Gasteiger partial charge in [-0.3, -0.25) is 4.79 Å². The Balaban J connectivity index is 1.87. The van der Waals surface area contributed by atoms with E-state index in [1.54, 1.807) is 20.8 Å². The maximum Gasteiger partial charge on any atom is 0.407 e. The molecule has 1 atom stereocenters. The summed E-state index contributed by atoms with van der Waals surface area (Å²) >= 11 is 0. The lowest BCUT2D eigenvalue weighted by Gasteiger charge is -2.24. The smallest absolute Gasteiger partial charge is 0.407 e. The lowest BCUT2D eigenvalue weighted by Crippen LogP contribution is -2.48. The largest absolute Gasteiger partial charge is 0.458 e. The fourth-order valence-corrected chi connectivity index (χ4v) is 2.59. The van der Waals surface area contributed by atoms with Crippen LogP contribution in [0.5, 0.6) is 0 Å². The average molecular weight is 412 g/mol. The van der Waals surface area contributed by atoms with Crippen molar-refractivity contribution in [3.8, 4) is 0 Å². The molecule has 0 aliphatic heterocycles. The molecular formula is C23H28N2O5. The van der Waals surface area contributed by atoms with Gasteiger partial charge in [-0.15, -0.1) is 0 Å². The highest BCUT2D eigenvalue weighted by molar-refractivity contribution is 5.87. The van der Waals surface area contributed by atoms with Gasteiger partial charge in [0.15, 0.2) is 0 Å². The minimum Gasteiger partial charge on any atom is -0.458 e. The van der Waals surface area contributed by atoms with E-state index in [1.165, 1.54) is 0 Å². The van der Waals surface area contributed by atoms with Crippen molar-refractivity contribution in [1.82, 2.24) is 10.6 Å². The van der Waals surface area contributed by atoms with Gasteiger partial charge in [0.25, 0.3) is 0 Å². The van der Waals surface area contributed by atoms with E-state index in [-0.39, 0.29) is 19.6 Å². The van der Waals surface area contributed by atoms with Crippen molar-refractivity contribution in [1.29, 1.82) is 0 Å². The molecule has 0 saturated heterocycles. The third-order valence-corrected chi connectivity index (χ3v) is 3.92. The normalized spacial score (nSPS) is 11.8. The van der Waals surface area contributed by atoms with Crippen molar-refractivity contribution >= 4 is 18.0 Å². The summed E-state index contributed by atoms with van der Waals surface area (Å²) in [5.74, 6) is -1.05. The number of hydrogen-bond acceptors (Lipinski definition) is 5. The molecule has 0 aliphatic carbocycles. The SMILES string of the molecule is CC(C)(C)OC(=O)C(Cc1ccccc1)NC(=O)CNC(=O)OCc1ccccc1. The van der Waals surface area contributed by atoms with Crippen molar-refractivity contribution in [3.63, 3.8) is 0 Å². The van der Waals surface area contributed by atoms with Crippen molar-refractivity contribution < 1.29 is 23.9 Å². The molecule has 0 fully saturated rings. The summed E-state index contributed by atoms with van der Waals surface area (Å²) in [7, 11) is 0. The predicted molar refractivity (Wildman–Crippen MR) is 113 cm³/mol. The van der Waals surface area contributed by atoms with Crippen LogP contribution in [0.2, 0.25) is 0 Å². The lowest BCUT2D eigenvalue weighted by molar-refractivity contribution is -0.158. The summed E-state index contributed by atoms with van der Waals surface area (Å²) in [5.41, 5.74) is 1.03. The zero-order valence-electron chi connectivity index (χ0n) is 17.5. The fourth-order valence-electron chi connectivity index (χ4n) is 2.59. The van der Waals surface area contributed by atoms with Crippen LogP contribution in [-0.4, -0.2) is 36.2 Å². The average Bonchev–Trinajstić information content (AvgIpc) is 2.70. The molecule has 2 aromatic carbocycles. The summed E-state index contributed by atoms with van der Waals surface area (Å²) in [4.78, 5) is 36.7. The first-order valence-corrected chi connectivity index (χ1v) is 9.73. The highest BCUT2D eigenvalue weighted by Crippen LogP contribution is 2.11. The van der Waals surface area contributed by atoms with Crippen LogP contribution in [-0.2, 0) is 32.1 Å². The number of ether oxygens (including phenoxy) is 2. The second kappa shape index (κ2) is 11.0. The minimum absolute atomic E-state index is 0.100. The number of hydrogen-bond donors (Lipinski definition) is 2. The van der Waals surface area contributed by atoms with Gasteiger partial charge >= 0.3 is 12.1 Å². The molecule has 2 rings (SSSR count). The Hall–Kier alpha value is -3.35. The monoisotopic (exact) mass is 412 g/mol. The molecule has 0 heterocycles. The number of benzene rings is 2. The van der Waals surface area contributed by atoms with Gasteiger partial charge in [0.1, 0.15) is 24.8 Å². The quantitative estimate of drug-likeness (QED) is 0.650. The molecule has 2 amide bonds. The lowest BCUT2D eigenvalue weighted by atomic mass is 10.1. The molecule has 0 aromatic heterocycles. The maximum absolute atomic E-state index is 12.5. The van der Waals surface area contributed by atoms with Gasteiger partial charge in [0, 0.05) is 6.42 Å². The molecule has 0 radical (unpaired) electrons. The molecule has 0 aliphatic rings. The van der Waals surface area contributed by atoms with E-state index in [0.29, 0.717) is 0 Å². The van der Waals surface area contributed by atoms with Crippen LogP contribution in [0.25, 0.3) is 0 Å². The van der Waals surface area contributed by atoms with Gasteiger partial charge < -0.3 is 20.1 Å². The third kappa shape index (κ3) is 8.77. The van der Waals surface area contributed by atoms with Crippen molar-refractivity contribution in [2.45, 2.75) is 45.4 Å². The molecule has 30 heavy (non-hydrogen) atoms. The van der Waals surface area contributed by atoms with E-state index >= 15 is 0 Å². The second-order valence-corrected chi connectivity index (χ2v) is 7.76. The van der Waals surface area contributed by atoms with Gasteiger partial charge in [-0.25, -0.2) is 9.59 Å². The zero-order chi connectivity index (χ0) is 22.0. The van der Waals surface area contributed by atoms with Gasteiger partial charge in [0.05, 0.1) is 0 Å². The van der Waals surface area contributed by atoms with E-state index in [4.69, 9.17) is 9.47 Å².